The average Bonchev–Trinajstić information content (AvgIpc) is 2.46. The Balaban J connectivity index is 3.15. The predicted molar refractivity (Wildman–Crippen MR) is 94.5 cm³/mol. The minimum atomic E-state index is -4.04. The molecule has 134 valence electrons. The van der Waals surface area contributed by atoms with Gasteiger partial charge in [0.05, 0.1) is 0 Å². The molecule has 0 aliphatic rings. The molecule has 0 spiro atoms. The van der Waals surface area contributed by atoms with Crippen LogP contribution in [0.5, 0.6) is 0 Å². The van der Waals surface area contributed by atoms with Gasteiger partial charge in [-0.2, -0.15) is 8.42 Å². The van der Waals surface area contributed by atoms with Crippen molar-refractivity contribution in [3.63, 3.8) is 0 Å². The number of hydrogen-bond acceptors (Lipinski definition) is 3. The highest BCUT2D eigenvalue weighted by Crippen LogP contribution is 2.14. The summed E-state index contributed by atoms with van der Waals surface area (Å²) in [6.45, 7) is 2.25. The second kappa shape index (κ2) is 14.5. The normalized spacial score (nSPS) is 13.4. The Kier molecular flexibility index (Phi) is 14.4. The molecule has 0 aromatic heterocycles. The van der Waals surface area contributed by atoms with E-state index in [0.29, 0.717) is 6.42 Å². The molecule has 0 rings (SSSR count). The molecular formula is C17H37NO3S. The molecule has 0 radical (unpaired) electrons. The second-order valence-corrected chi connectivity index (χ2v) is 8.07. The highest BCUT2D eigenvalue weighted by atomic mass is 32.2. The minimum absolute atomic E-state index is 0.358. The van der Waals surface area contributed by atoms with Gasteiger partial charge < -0.3 is 5.73 Å². The molecule has 0 aromatic carbocycles. The molecule has 3 N–H and O–H groups in total. The van der Waals surface area contributed by atoms with Gasteiger partial charge in [0.15, 0.2) is 0 Å². The molecule has 0 heterocycles. The highest BCUT2D eigenvalue weighted by molar-refractivity contribution is 7.86. The van der Waals surface area contributed by atoms with Gasteiger partial charge in [-0.15, -0.1) is 0 Å². The minimum Gasteiger partial charge on any atom is -0.313 e. The van der Waals surface area contributed by atoms with Crippen LogP contribution in [-0.2, 0) is 10.1 Å². The largest absolute Gasteiger partial charge is 0.313 e. The number of rotatable bonds is 16. The lowest BCUT2D eigenvalue weighted by Crippen LogP contribution is -2.29. The van der Waals surface area contributed by atoms with Crippen LogP contribution in [0.3, 0.4) is 0 Å². The topological polar surface area (TPSA) is 80.4 Å². The van der Waals surface area contributed by atoms with Crippen molar-refractivity contribution >= 4 is 10.1 Å². The van der Waals surface area contributed by atoms with E-state index in [-0.39, 0.29) is 0 Å². The molecule has 5 heteroatoms. The smallest absolute Gasteiger partial charge is 0.280 e. The van der Waals surface area contributed by atoms with Gasteiger partial charge in [0.2, 0.25) is 0 Å². The van der Waals surface area contributed by atoms with Gasteiger partial charge in [-0.3, -0.25) is 4.55 Å². The van der Waals surface area contributed by atoms with Crippen LogP contribution in [0.2, 0.25) is 0 Å². The van der Waals surface area contributed by atoms with E-state index in [1.165, 1.54) is 70.6 Å². The van der Waals surface area contributed by atoms with Crippen LogP contribution in [-0.4, -0.2) is 18.3 Å². The summed E-state index contributed by atoms with van der Waals surface area (Å²) in [5.41, 5.74) is 5.36. The van der Waals surface area contributed by atoms with Crippen molar-refractivity contribution in [1.29, 1.82) is 0 Å². The van der Waals surface area contributed by atoms with Crippen LogP contribution in [0.25, 0.3) is 0 Å². The van der Waals surface area contributed by atoms with Gasteiger partial charge in [0.25, 0.3) is 10.1 Å². The third kappa shape index (κ3) is 14.8. The van der Waals surface area contributed by atoms with Crippen LogP contribution in [0.1, 0.15) is 103 Å². The summed E-state index contributed by atoms with van der Waals surface area (Å²) in [6, 6.07) is 0. The van der Waals surface area contributed by atoms with Crippen molar-refractivity contribution in [1.82, 2.24) is 0 Å². The average molecular weight is 336 g/mol. The summed E-state index contributed by atoms with van der Waals surface area (Å²) >= 11 is 0. The third-order valence-corrected chi connectivity index (χ3v) is 5.23. The van der Waals surface area contributed by atoms with Crippen molar-refractivity contribution in [2.75, 3.05) is 0 Å². The molecule has 0 aromatic rings. The number of nitrogens with two attached hydrogens (primary N) is 1. The molecular weight excluding hydrogens is 298 g/mol. The van der Waals surface area contributed by atoms with Gasteiger partial charge >= 0.3 is 0 Å². The Morgan fingerprint density at radius 3 is 1.36 bits per heavy atom. The monoisotopic (exact) mass is 335 g/mol. The first kappa shape index (κ1) is 21.9. The van der Waals surface area contributed by atoms with Gasteiger partial charge in [-0.05, 0) is 6.42 Å². The van der Waals surface area contributed by atoms with E-state index in [4.69, 9.17) is 10.3 Å². The molecule has 0 saturated heterocycles. The van der Waals surface area contributed by atoms with E-state index < -0.39 is 15.5 Å². The van der Waals surface area contributed by atoms with E-state index in [1.54, 1.807) is 0 Å². The van der Waals surface area contributed by atoms with Gasteiger partial charge in [-0.25, -0.2) is 0 Å². The van der Waals surface area contributed by atoms with E-state index >= 15 is 0 Å². The first-order chi connectivity index (χ1) is 10.5. The first-order valence-electron chi connectivity index (χ1n) is 9.20. The van der Waals surface area contributed by atoms with Crippen molar-refractivity contribution in [3.8, 4) is 0 Å². The summed E-state index contributed by atoms with van der Waals surface area (Å²) in [6.07, 6.45) is 18.1. The Labute approximate surface area is 138 Å². The van der Waals surface area contributed by atoms with E-state index in [0.717, 1.165) is 19.3 Å². The first-order valence-corrected chi connectivity index (χ1v) is 10.7. The van der Waals surface area contributed by atoms with Crippen LogP contribution in [0.4, 0.5) is 0 Å². The van der Waals surface area contributed by atoms with Crippen LogP contribution >= 0.6 is 0 Å². The standard InChI is InChI=1S/C17H37NO3S/c1-2-3-4-5-6-7-8-9-10-11-12-13-14-15-16-17(18)22(19,20)21/h17H,2-16,18H2,1H3,(H,19,20,21). The lowest BCUT2D eigenvalue weighted by molar-refractivity contribution is 0.457. The summed E-state index contributed by atoms with van der Waals surface area (Å²) in [7, 11) is -4.04. The SMILES string of the molecule is CCCCCCCCCCCCCCCCC(N)S(=O)(=O)O. The van der Waals surface area contributed by atoms with Crippen molar-refractivity contribution in [2.45, 2.75) is 109 Å². The fourth-order valence-electron chi connectivity index (χ4n) is 2.69. The fraction of sp³-hybridized carbons (Fsp3) is 1.00. The Hall–Kier alpha value is -0.130. The quantitative estimate of drug-likeness (QED) is 0.306. The van der Waals surface area contributed by atoms with Crippen LogP contribution in [0, 0.1) is 0 Å². The molecule has 0 bridgehead atoms. The number of hydrogen-bond donors (Lipinski definition) is 2. The molecule has 1 unspecified atom stereocenters. The highest BCUT2D eigenvalue weighted by Gasteiger charge is 2.16. The molecule has 0 saturated carbocycles. The number of unbranched alkanes of at least 4 members (excludes halogenated alkanes) is 13. The van der Waals surface area contributed by atoms with Crippen molar-refractivity contribution in [2.24, 2.45) is 5.73 Å². The van der Waals surface area contributed by atoms with Gasteiger partial charge in [-0.1, -0.05) is 96.8 Å². The molecule has 0 fully saturated rings. The summed E-state index contributed by atoms with van der Waals surface area (Å²) in [4.78, 5) is 0. The zero-order chi connectivity index (χ0) is 16.7. The van der Waals surface area contributed by atoms with Crippen LogP contribution < -0.4 is 5.73 Å². The second-order valence-electron chi connectivity index (χ2n) is 6.44. The zero-order valence-corrected chi connectivity index (χ0v) is 15.2. The van der Waals surface area contributed by atoms with Crippen molar-refractivity contribution < 1.29 is 13.0 Å². The Bertz CT molecular complexity index is 331. The van der Waals surface area contributed by atoms with E-state index in [2.05, 4.69) is 6.92 Å². The Morgan fingerprint density at radius 1 is 0.727 bits per heavy atom. The maximum atomic E-state index is 10.7. The molecule has 22 heavy (non-hydrogen) atoms. The lowest BCUT2D eigenvalue weighted by Gasteiger charge is -2.07. The van der Waals surface area contributed by atoms with Gasteiger partial charge in [0.1, 0.15) is 5.37 Å². The Morgan fingerprint density at radius 2 is 1.05 bits per heavy atom. The van der Waals surface area contributed by atoms with Gasteiger partial charge in [0, 0.05) is 0 Å². The fourth-order valence-corrected chi connectivity index (χ4v) is 3.15. The molecule has 4 nitrogen and oxygen atoms in total. The maximum absolute atomic E-state index is 10.7. The van der Waals surface area contributed by atoms with E-state index in [1.807, 2.05) is 0 Å². The summed E-state index contributed by atoms with van der Waals surface area (Å²) in [5.74, 6) is 0. The maximum Gasteiger partial charge on any atom is 0.280 e. The summed E-state index contributed by atoms with van der Waals surface area (Å²) in [5, 5.41) is -1.11. The predicted octanol–water partition coefficient (Wildman–Crippen LogP) is 5.03. The zero-order valence-electron chi connectivity index (χ0n) is 14.4. The van der Waals surface area contributed by atoms with Crippen LogP contribution in [0.15, 0.2) is 0 Å². The molecule has 0 aliphatic carbocycles. The molecule has 0 aliphatic heterocycles. The molecule has 0 amide bonds. The lowest BCUT2D eigenvalue weighted by atomic mass is 10.0. The third-order valence-electron chi connectivity index (χ3n) is 4.22. The molecule has 1 atom stereocenters. The van der Waals surface area contributed by atoms with E-state index in [9.17, 15) is 8.42 Å². The summed E-state index contributed by atoms with van der Waals surface area (Å²) < 4.78 is 30.2. The van der Waals surface area contributed by atoms with Crippen molar-refractivity contribution in [3.05, 3.63) is 0 Å².